The minimum absolute atomic E-state index is 0.385. The molecule has 2 rings (SSSR count). The molecule has 0 saturated heterocycles. The van der Waals surface area contributed by atoms with E-state index in [0.29, 0.717) is 5.41 Å². The Labute approximate surface area is 93.0 Å². The molecule has 0 fully saturated rings. The van der Waals surface area contributed by atoms with Crippen molar-refractivity contribution in [1.82, 2.24) is 0 Å². The first-order valence-electron chi connectivity index (χ1n) is 5.84. The monoisotopic (exact) mass is 200 g/mol. The molecule has 1 aliphatic carbocycles. The third kappa shape index (κ3) is 1.99. The van der Waals surface area contributed by atoms with Gasteiger partial charge in [0.05, 0.1) is 0 Å². The number of rotatable bonds is 2. The molecule has 15 heavy (non-hydrogen) atoms. The maximum atomic E-state index is 2.44. The van der Waals surface area contributed by atoms with Gasteiger partial charge in [-0.25, -0.2) is 0 Å². The Morgan fingerprint density at radius 2 is 1.87 bits per heavy atom. The second-order valence-corrected chi connectivity index (χ2v) is 5.25. The molecule has 1 atom stereocenters. The van der Waals surface area contributed by atoms with Crippen LogP contribution in [0, 0.1) is 11.3 Å². The van der Waals surface area contributed by atoms with Gasteiger partial charge in [-0.2, -0.15) is 0 Å². The van der Waals surface area contributed by atoms with Gasteiger partial charge in [-0.05, 0) is 29.7 Å². The van der Waals surface area contributed by atoms with Crippen molar-refractivity contribution in [3.8, 4) is 0 Å². The summed E-state index contributed by atoms with van der Waals surface area (Å²) in [5.41, 5.74) is 3.43. The molecule has 0 radical (unpaired) electrons. The molecular formula is C15H20. The van der Waals surface area contributed by atoms with E-state index in [-0.39, 0.29) is 0 Å². The maximum absolute atomic E-state index is 2.44. The predicted octanol–water partition coefficient (Wildman–Crippen LogP) is 4.22. The van der Waals surface area contributed by atoms with Crippen LogP contribution in [0.15, 0.2) is 42.0 Å². The van der Waals surface area contributed by atoms with E-state index < -0.39 is 0 Å². The molecule has 1 aliphatic rings. The maximum Gasteiger partial charge on any atom is -0.00617 e. The predicted molar refractivity (Wildman–Crippen MR) is 65.8 cm³/mol. The van der Waals surface area contributed by atoms with Crippen molar-refractivity contribution in [2.75, 3.05) is 0 Å². The Balaban J connectivity index is 2.15. The second-order valence-electron chi connectivity index (χ2n) is 5.25. The first-order chi connectivity index (χ1) is 7.10. The smallest absolute Gasteiger partial charge is 0.00617 e. The molecule has 1 unspecified atom stereocenters. The van der Waals surface area contributed by atoms with Crippen molar-refractivity contribution in [3.63, 3.8) is 0 Å². The van der Waals surface area contributed by atoms with Crippen molar-refractivity contribution in [2.24, 2.45) is 11.3 Å². The van der Waals surface area contributed by atoms with Gasteiger partial charge in [-0.15, -0.1) is 0 Å². The minimum Gasteiger partial charge on any atom is -0.0841 e. The second kappa shape index (κ2) is 3.84. The summed E-state index contributed by atoms with van der Waals surface area (Å²) in [6, 6.07) is 10.8. The van der Waals surface area contributed by atoms with Gasteiger partial charge in [0.2, 0.25) is 0 Å². The number of benzene rings is 1. The third-order valence-corrected chi connectivity index (χ3v) is 4.01. The average Bonchev–Trinajstić information content (AvgIpc) is 2.47. The van der Waals surface area contributed by atoms with Crippen molar-refractivity contribution in [1.29, 1.82) is 0 Å². The molecule has 0 amide bonds. The van der Waals surface area contributed by atoms with Gasteiger partial charge in [-0.3, -0.25) is 0 Å². The van der Waals surface area contributed by atoms with Crippen LogP contribution >= 0.6 is 0 Å². The highest BCUT2D eigenvalue weighted by molar-refractivity contribution is 5.28. The fourth-order valence-corrected chi connectivity index (χ4v) is 2.31. The van der Waals surface area contributed by atoms with Crippen LogP contribution in [0.25, 0.3) is 0 Å². The van der Waals surface area contributed by atoms with Gasteiger partial charge in [0.1, 0.15) is 0 Å². The molecule has 0 heteroatoms. The highest BCUT2D eigenvalue weighted by Crippen LogP contribution is 2.44. The largest absolute Gasteiger partial charge is 0.0841 e. The Morgan fingerprint density at radius 3 is 2.40 bits per heavy atom. The van der Waals surface area contributed by atoms with Crippen LogP contribution < -0.4 is 0 Å². The average molecular weight is 200 g/mol. The SMILES string of the molecule is CC1CC=C(Cc2ccccc2)C1(C)C. The fraction of sp³-hybridized carbons (Fsp3) is 0.467. The fourth-order valence-electron chi connectivity index (χ4n) is 2.31. The molecule has 0 aromatic heterocycles. The summed E-state index contributed by atoms with van der Waals surface area (Å²) in [6.07, 6.45) is 4.81. The first kappa shape index (κ1) is 10.5. The third-order valence-electron chi connectivity index (χ3n) is 4.01. The topological polar surface area (TPSA) is 0 Å². The number of hydrogen-bond acceptors (Lipinski definition) is 0. The zero-order chi connectivity index (χ0) is 10.9. The summed E-state index contributed by atoms with van der Waals surface area (Å²) in [5, 5.41) is 0. The van der Waals surface area contributed by atoms with Gasteiger partial charge in [0.25, 0.3) is 0 Å². The Hall–Kier alpha value is -1.04. The van der Waals surface area contributed by atoms with E-state index in [4.69, 9.17) is 0 Å². The summed E-state index contributed by atoms with van der Waals surface area (Å²) in [7, 11) is 0. The first-order valence-corrected chi connectivity index (χ1v) is 5.84. The van der Waals surface area contributed by atoms with Gasteiger partial charge in [0, 0.05) is 0 Å². The van der Waals surface area contributed by atoms with Gasteiger partial charge < -0.3 is 0 Å². The van der Waals surface area contributed by atoms with Crippen LogP contribution in [0.3, 0.4) is 0 Å². The molecule has 80 valence electrons. The lowest BCUT2D eigenvalue weighted by Gasteiger charge is -2.28. The zero-order valence-corrected chi connectivity index (χ0v) is 9.96. The Morgan fingerprint density at radius 1 is 1.20 bits per heavy atom. The Bertz CT molecular complexity index is 357. The van der Waals surface area contributed by atoms with Crippen LogP contribution in [0.4, 0.5) is 0 Å². The molecule has 0 nitrogen and oxygen atoms in total. The lowest BCUT2D eigenvalue weighted by molar-refractivity contribution is 0.312. The highest BCUT2D eigenvalue weighted by atomic mass is 14.4. The molecule has 1 aromatic carbocycles. The molecule has 0 spiro atoms. The van der Waals surface area contributed by atoms with Crippen molar-refractivity contribution < 1.29 is 0 Å². The quantitative estimate of drug-likeness (QED) is 0.627. The molecule has 0 saturated carbocycles. The summed E-state index contributed by atoms with van der Waals surface area (Å²) in [5.74, 6) is 0.788. The van der Waals surface area contributed by atoms with E-state index in [1.807, 2.05) is 0 Å². The van der Waals surface area contributed by atoms with Crippen LogP contribution in [-0.2, 0) is 6.42 Å². The van der Waals surface area contributed by atoms with Gasteiger partial charge in [-0.1, -0.05) is 62.8 Å². The number of hydrogen-bond donors (Lipinski definition) is 0. The van der Waals surface area contributed by atoms with Gasteiger partial charge in [0.15, 0.2) is 0 Å². The van der Waals surface area contributed by atoms with E-state index in [2.05, 4.69) is 57.2 Å². The summed E-state index contributed by atoms with van der Waals surface area (Å²) in [4.78, 5) is 0. The van der Waals surface area contributed by atoms with Crippen molar-refractivity contribution >= 4 is 0 Å². The molecule has 0 aliphatic heterocycles. The van der Waals surface area contributed by atoms with E-state index >= 15 is 0 Å². The van der Waals surface area contributed by atoms with Crippen LogP contribution in [0.5, 0.6) is 0 Å². The van der Waals surface area contributed by atoms with E-state index in [1.54, 1.807) is 5.57 Å². The van der Waals surface area contributed by atoms with Crippen molar-refractivity contribution in [3.05, 3.63) is 47.5 Å². The van der Waals surface area contributed by atoms with Crippen molar-refractivity contribution in [2.45, 2.75) is 33.6 Å². The van der Waals surface area contributed by atoms with E-state index in [9.17, 15) is 0 Å². The highest BCUT2D eigenvalue weighted by Gasteiger charge is 2.33. The molecule has 1 aromatic rings. The lowest BCUT2D eigenvalue weighted by atomic mass is 9.76. The van der Waals surface area contributed by atoms with Crippen LogP contribution in [0.2, 0.25) is 0 Å². The summed E-state index contributed by atoms with van der Waals surface area (Å²) >= 11 is 0. The normalized spacial score (nSPS) is 23.9. The minimum atomic E-state index is 0.385. The van der Waals surface area contributed by atoms with Crippen LogP contribution in [0.1, 0.15) is 32.8 Å². The van der Waals surface area contributed by atoms with E-state index in [1.165, 1.54) is 12.0 Å². The molecule has 0 N–H and O–H groups in total. The number of allylic oxidation sites excluding steroid dienone is 2. The molecule has 0 heterocycles. The zero-order valence-electron chi connectivity index (χ0n) is 9.96. The van der Waals surface area contributed by atoms with Gasteiger partial charge >= 0.3 is 0 Å². The Kier molecular flexibility index (Phi) is 2.68. The van der Waals surface area contributed by atoms with E-state index in [0.717, 1.165) is 12.3 Å². The molecular weight excluding hydrogens is 180 g/mol. The standard InChI is InChI=1S/C15H20/c1-12-9-10-14(15(12,2)3)11-13-7-5-4-6-8-13/h4-8,10,12H,9,11H2,1-3H3. The van der Waals surface area contributed by atoms with Crippen LogP contribution in [-0.4, -0.2) is 0 Å². The molecule has 0 bridgehead atoms. The summed E-state index contributed by atoms with van der Waals surface area (Å²) in [6.45, 7) is 7.10. The lowest BCUT2D eigenvalue weighted by Crippen LogP contribution is -2.19. The summed E-state index contributed by atoms with van der Waals surface area (Å²) < 4.78 is 0.